The van der Waals surface area contributed by atoms with Crippen molar-refractivity contribution in [2.75, 3.05) is 7.05 Å². The van der Waals surface area contributed by atoms with E-state index in [9.17, 15) is 10.0 Å². The van der Waals surface area contributed by atoms with Crippen LogP contribution in [0.4, 0.5) is 0 Å². The molecule has 19 heavy (non-hydrogen) atoms. The van der Waals surface area contributed by atoms with Crippen LogP contribution in [0.15, 0.2) is 24.3 Å². The van der Waals surface area contributed by atoms with Crippen LogP contribution in [0.1, 0.15) is 32.4 Å². The van der Waals surface area contributed by atoms with Crippen LogP contribution in [0.5, 0.6) is 0 Å². The van der Waals surface area contributed by atoms with E-state index in [4.69, 9.17) is 0 Å². The Balaban J connectivity index is 2.43. The van der Waals surface area contributed by atoms with Crippen LogP contribution in [0, 0.1) is 9.49 Å². The smallest absolute Gasteiger partial charge is 0.248 e. The van der Waals surface area contributed by atoms with E-state index in [0.717, 1.165) is 9.13 Å². The van der Waals surface area contributed by atoms with Crippen LogP contribution in [0.3, 0.4) is 0 Å². The highest BCUT2D eigenvalue weighted by Gasteiger charge is 2.54. The Bertz CT molecular complexity index is 489. The molecular formula is C14H19IN2O2. The lowest BCUT2D eigenvalue weighted by Gasteiger charge is -2.39. The molecule has 1 N–H and O–H groups in total. The van der Waals surface area contributed by atoms with Gasteiger partial charge in [0, 0.05) is 10.6 Å². The first kappa shape index (κ1) is 14.7. The number of nitrogens with zero attached hydrogens (tertiary/aromatic N) is 2. The van der Waals surface area contributed by atoms with Gasteiger partial charge in [-0.15, -0.1) is 5.06 Å². The number of hydrogen-bond acceptors (Lipinski definition) is 3. The van der Waals surface area contributed by atoms with Crippen LogP contribution in [0.2, 0.25) is 0 Å². The second kappa shape index (κ2) is 5.03. The van der Waals surface area contributed by atoms with Gasteiger partial charge in [0.1, 0.15) is 11.7 Å². The van der Waals surface area contributed by atoms with Gasteiger partial charge in [0.05, 0.1) is 0 Å². The number of hydroxylamine groups is 2. The quantitative estimate of drug-likeness (QED) is 0.810. The van der Waals surface area contributed by atoms with E-state index < -0.39 is 11.7 Å². The summed E-state index contributed by atoms with van der Waals surface area (Å²) in [5, 5.41) is 11.7. The average molecular weight is 374 g/mol. The van der Waals surface area contributed by atoms with Gasteiger partial charge in [-0.25, -0.2) is 0 Å². The molecule has 0 unspecified atom stereocenters. The zero-order chi connectivity index (χ0) is 14.4. The molecule has 104 valence electrons. The average Bonchev–Trinajstić information content (AvgIpc) is 2.54. The summed E-state index contributed by atoms with van der Waals surface area (Å²) in [6, 6.07) is 7.07. The first-order valence-corrected chi connectivity index (χ1v) is 7.39. The monoisotopic (exact) mass is 374 g/mol. The van der Waals surface area contributed by atoms with Crippen molar-refractivity contribution >= 4 is 28.5 Å². The lowest BCUT2D eigenvalue weighted by molar-refractivity contribution is -0.210. The SMILES string of the molecule is CC(C)[C@]1(C)N(C)C(=O)[C@@H](c2ccc(I)cc2)N1O. The van der Waals surface area contributed by atoms with Gasteiger partial charge in [-0.05, 0) is 53.1 Å². The third-order valence-corrected chi connectivity index (χ3v) is 4.95. The predicted molar refractivity (Wildman–Crippen MR) is 81.5 cm³/mol. The number of amides is 1. The fraction of sp³-hybridized carbons (Fsp3) is 0.500. The lowest BCUT2D eigenvalue weighted by atomic mass is 9.97. The van der Waals surface area contributed by atoms with Crippen molar-refractivity contribution in [3.63, 3.8) is 0 Å². The van der Waals surface area contributed by atoms with Gasteiger partial charge in [0.2, 0.25) is 5.91 Å². The van der Waals surface area contributed by atoms with Crippen LogP contribution in [-0.4, -0.2) is 33.8 Å². The summed E-state index contributed by atoms with van der Waals surface area (Å²) in [6.07, 6.45) is 0. The fourth-order valence-electron chi connectivity index (χ4n) is 2.51. The third-order valence-electron chi connectivity index (χ3n) is 4.23. The van der Waals surface area contributed by atoms with E-state index in [0.29, 0.717) is 0 Å². The largest absolute Gasteiger partial charge is 0.323 e. The summed E-state index contributed by atoms with van der Waals surface area (Å²) in [7, 11) is 1.75. The van der Waals surface area contributed by atoms with Crippen molar-refractivity contribution < 1.29 is 10.0 Å². The molecule has 0 spiro atoms. The second-order valence-electron chi connectivity index (χ2n) is 5.44. The molecule has 2 rings (SSSR count). The lowest BCUT2D eigenvalue weighted by Crippen LogP contribution is -2.52. The zero-order valence-corrected chi connectivity index (χ0v) is 13.7. The van der Waals surface area contributed by atoms with Crippen molar-refractivity contribution in [1.29, 1.82) is 0 Å². The molecule has 1 amide bonds. The van der Waals surface area contributed by atoms with E-state index in [1.807, 2.05) is 45.0 Å². The minimum atomic E-state index is -0.676. The fourth-order valence-corrected chi connectivity index (χ4v) is 2.87. The van der Waals surface area contributed by atoms with Crippen LogP contribution in [-0.2, 0) is 4.79 Å². The Morgan fingerprint density at radius 3 is 2.26 bits per heavy atom. The predicted octanol–water partition coefficient (Wildman–Crippen LogP) is 2.87. The molecule has 1 heterocycles. The molecule has 1 fully saturated rings. The highest BCUT2D eigenvalue weighted by molar-refractivity contribution is 14.1. The summed E-state index contributed by atoms with van der Waals surface area (Å²) in [6.45, 7) is 5.90. The topological polar surface area (TPSA) is 43.8 Å². The number of carbonyl (C=O) groups is 1. The molecule has 4 nitrogen and oxygen atoms in total. The van der Waals surface area contributed by atoms with Crippen LogP contribution < -0.4 is 0 Å². The minimum absolute atomic E-state index is 0.0695. The Morgan fingerprint density at radius 2 is 1.84 bits per heavy atom. The number of halogens is 1. The Morgan fingerprint density at radius 1 is 1.32 bits per heavy atom. The normalized spacial score (nSPS) is 28.5. The van der Waals surface area contributed by atoms with Gasteiger partial charge < -0.3 is 10.1 Å². The molecule has 0 aromatic heterocycles. The highest BCUT2D eigenvalue weighted by atomic mass is 127. The number of likely N-dealkylation sites (N-methyl/N-ethyl adjacent to an activating group) is 1. The Hall–Kier alpha value is -0.660. The molecule has 5 heteroatoms. The Labute approximate surface area is 127 Å². The van der Waals surface area contributed by atoms with Crippen molar-refractivity contribution in [2.24, 2.45) is 5.92 Å². The summed E-state index contributed by atoms with van der Waals surface area (Å²) in [4.78, 5) is 14.1. The number of benzene rings is 1. The molecule has 1 saturated heterocycles. The first-order valence-electron chi connectivity index (χ1n) is 6.31. The van der Waals surface area contributed by atoms with E-state index in [-0.39, 0.29) is 11.8 Å². The number of carbonyl (C=O) groups excluding carboxylic acids is 1. The van der Waals surface area contributed by atoms with Gasteiger partial charge in [-0.2, -0.15) is 0 Å². The van der Waals surface area contributed by atoms with Gasteiger partial charge in [0.25, 0.3) is 0 Å². The van der Waals surface area contributed by atoms with Gasteiger partial charge in [0.15, 0.2) is 0 Å². The minimum Gasteiger partial charge on any atom is -0.323 e. The summed E-state index contributed by atoms with van der Waals surface area (Å²) >= 11 is 2.22. The van der Waals surface area contributed by atoms with E-state index >= 15 is 0 Å². The van der Waals surface area contributed by atoms with E-state index in [1.54, 1.807) is 11.9 Å². The second-order valence-corrected chi connectivity index (χ2v) is 6.69. The molecular weight excluding hydrogens is 355 g/mol. The molecule has 1 aliphatic rings. The summed E-state index contributed by atoms with van der Waals surface area (Å²) < 4.78 is 1.11. The molecule has 1 aliphatic heterocycles. The number of hydrogen-bond donors (Lipinski definition) is 1. The standard InChI is InChI=1S/C14H19IN2O2/c1-9(2)14(3)16(4)13(18)12(17(14)19)10-5-7-11(15)8-6-10/h5-9,12,19H,1-4H3/t12-,14-/m1/s1. The molecule has 0 bridgehead atoms. The van der Waals surface area contributed by atoms with Crippen molar-refractivity contribution in [1.82, 2.24) is 9.96 Å². The van der Waals surface area contributed by atoms with E-state index in [2.05, 4.69) is 22.6 Å². The van der Waals surface area contributed by atoms with Crippen molar-refractivity contribution in [2.45, 2.75) is 32.5 Å². The maximum absolute atomic E-state index is 12.4. The zero-order valence-electron chi connectivity index (χ0n) is 11.6. The Kier molecular flexibility index (Phi) is 3.90. The summed E-state index contributed by atoms with van der Waals surface area (Å²) in [5.41, 5.74) is 0.147. The molecule has 1 aromatic carbocycles. The molecule has 0 radical (unpaired) electrons. The van der Waals surface area contributed by atoms with Crippen LogP contribution in [0.25, 0.3) is 0 Å². The summed E-state index contributed by atoms with van der Waals surface area (Å²) in [5.74, 6) is 0.0557. The third kappa shape index (κ3) is 2.17. The molecule has 0 aliphatic carbocycles. The van der Waals surface area contributed by atoms with Gasteiger partial charge in [-0.3, -0.25) is 4.79 Å². The number of rotatable bonds is 2. The van der Waals surface area contributed by atoms with Crippen molar-refractivity contribution in [3.05, 3.63) is 33.4 Å². The maximum Gasteiger partial charge on any atom is 0.248 e. The highest BCUT2D eigenvalue weighted by Crippen LogP contribution is 2.41. The van der Waals surface area contributed by atoms with Gasteiger partial charge >= 0.3 is 0 Å². The van der Waals surface area contributed by atoms with Crippen molar-refractivity contribution in [3.8, 4) is 0 Å². The molecule has 0 saturated carbocycles. The van der Waals surface area contributed by atoms with Crippen LogP contribution >= 0.6 is 22.6 Å². The van der Waals surface area contributed by atoms with E-state index in [1.165, 1.54) is 5.06 Å². The maximum atomic E-state index is 12.4. The first-order chi connectivity index (χ1) is 8.80. The molecule has 2 atom stereocenters. The molecule has 1 aromatic rings. The van der Waals surface area contributed by atoms with Gasteiger partial charge in [-0.1, -0.05) is 26.0 Å².